The molecule has 0 bridgehead atoms. The van der Waals surface area contributed by atoms with E-state index in [9.17, 15) is 9.59 Å². The van der Waals surface area contributed by atoms with Gasteiger partial charge in [0.15, 0.2) is 0 Å². The van der Waals surface area contributed by atoms with Gasteiger partial charge >= 0.3 is 0 Å². The Labute approximate surface area is 145 Å². The van der Waals surface area contributed by atoms with Crippen molar-refractivity contribution >= 4 is 40.7 Å². The maximum atomic E-state index is 12.0. The smallest absolute Gasteiger partial charge is 0.226 e. The van der Waals surface area contributed by atoms with Crippen LogP contribution in [-0.2, 0) is 14.3 Å². The molecule has 1 heterocycles. The number of anilines is 1. The number of hydrogen-bond donors (Lipinski definition) is 1. The molecular formula is C16H20Cl2N2O3. The minimum Gasteiger partial charge on any atom is -0.376 e. The minimum atomic E-state index is -0.193. The van der Waals surface area contributed by atoms with E-state index < -0.39 is 0 Å². The first-order valence-electron chi connectivity index (χ1n) is 7.57. The van der Waals surface area contributed by atoms with Crippen molar-refractivity contribution < 1.29 is 14.3 Å². The van der Waals surface area contributed by atoms with Gasteiger partial charge in [0, 0.05) is 48.8 Å². The first-order valence-corrected chi connectivity index (χ1v) is 8.32. The molecule has 2 amide bonds. The molecule has 1 N–H and O–H groups in total. The lowest BCUT2D eigenvalue weighted by Crippen LogP contribution is -2.37. The fraction of sp³-hybridized carbons (Fsp3) is 0.500. The van der Waals surface area contributed by atoms with Gasteiger partial charge in [0.1, 0.15) is 0 Å². The summed E-state index contributed by atoms with van der Waals surface area (Å²) in [6, 6.07) is 4.85. The SMILES string of the molecule is CC(=O)N(CCC(=O)Nc1cc(Cl)cc(Cl)c1)CC1CCCO1. The van der Waals surface area contributed by atoms with Crippen molar-refractivity contribution in [3.8, 4) is 0 Å². The molecule has 1 unspecified atom stereocenters. The van der Waals surface area contributed by atoms with E-state index in [4.69, 9.17) is 27.9 Å². The highest BCUT2D eigenvalue weighted by atomic mass is 35.5. The van der Waals surface area contributed by atoms with E-state index in [0.717, 1.165) is 19.4 Å². The Kier molecular flexibility index (Phi) is 6.69. The topological polar surface area (TPSA) is 58.6 Å². The lowest BCUT2D eigenvalue weighted by molar-refractivity contribution is -0.130. The van der Waals surface area contributed by atoms with Crippen LogP contribution in [0.25, 0.3) is 0 Å². The number of hydrogen-bond acceptors (Lipinski definition) is 3. The van der Waals surface area contributed by atoms with Gasteiger partial charge in [-0.3, -0.25) is 9.59 Å². The van der Waals surface area contributed by atoms with E-state index in [1.54, 1.807) is 23.1 Å². The molecule has 1 aliphatic rings. The first-order chi connectivity index (χ1) is 10.9. The van der Waals surface area contributed by atoms with E-state index in [2.05, 4.69) is 5.32 Å². The third-order valence-electron chi connectivity index (χ3n) is 3.65. The second-order valence-corrected chi connectivity index (χ2v) is 6.43. The molecule has 126 valence electrons. The van der Waals surface area contributed by atoms with Crippen molar-refractivity contribution in [2.75, 3.05) is 25.0 Å². The average Bonchev–Trinajstić information content (AvgIpc) is 2.94. The fourth-order valence-corrected chi connectivity index (χ4v) is 3.02. The zero-order valence-corrected chi connectivity index (χ0v) is 14.5. The summed E-state index contributed by atoms with van der Waals surface area (Å²) in [5.74, 6) is -0.249. The zero-order chi connectivity index (χ0) is 16.8. The van der Waals surface area contributed by atoms with E-state index in [0.29, 0.717) is 28.8 Å². The molecule has 5 nitrogen and oxygen atoms in total. The minimum absolute atomic E-state index is 0.0564. The second kappa shape index (κ2) is 8.52. The number of nitrogens with one attached hydrogen (secondary N) is 1. The standard InChI is InChI=1S/C16H20Cl2N2O3/c1-11(21)20(10-15-3-2-6-23-15)5-4-16(22)19-14-8-12(17)7-13(18)9-14/h7-9,15H,2-6,10H2,1H3,(H,19,22). The van der Waals surface area contributed by atoms with E-state index in [-0.39, 0.29) is 24.3 Å². The highest BCUT2D eigenvalue weighted by molar-refractivity contribution is 6.35. The van der Waals surface area contributed by atoms with Gasteiger partial charge in [-0.25, -0.2) is 0 Å². The number of amides is 2. The number of halogens is 2. The molecule has 1 aromatic carbocycles. The number of nitrogens with zero attached hydrogens (tertiary/aromatic N) is 1. The summed E-state index contributed by atoms with van der Waals surface area (Å²) >= 11 is 11.8. The Morgan fingerprint density at radius 2 is 2.00 bits per heavy atom. The molecule has 0 aromatic heterocycles. The Balaban J connectivity index is 1.84. The number of carbonyl (C=O) groups excluding carboxylic acids is 2. The van der Waals surface area contributed by atoms with Crippen molar-refractivity contribution in [1.82, 2.24) is 4.90 Å². The van der Waals surface area contributed by atoms with Gasteiger partial charge in [0.05, 0.1) is 6.10 Å². The highest BCUT2D eigenvalue weighted by Crippen LogP contribution is 2.22. The Hall–Kier alpha value is -1.30. The van der Waals surface area contributed by atoms with Gasteiger partial charge in [-0.1, -0.05) is 23.2 Å². The van der Waals surface area contributed by atoms with E-state index >= 15 is 0 Å². The first kappa shape index (κ1) is 18.0. The normalized spacial score (nSPS) is 17.1. The Bertz CT molecular complexity index is 554. The highest BCUT2D eigenvalue weighted by Gasteiger charge is 2.21. The summed E-state index contributed by atoms with van der Waals surface area (Å²) < 4.78 is 5.54. The molecule has 1 saturated heterocycles. The van der Waals surface area contributed by atoms with Crippen LogP contribution in [0.4, 0.5) is 5.69 Å². The van der Waals surface area contributed by atoms with E-state index in [1.807, 2.05) is 0 Å². The number of benzene rings is 1. The molecule has 1 fully saturated rings. The summed E-state index contributed by atoms with van der Waals surface area (Å²) in [5.41, 5.74) is 0.543. The summed E-state index contributed by atoms with van der Waals surface area (Å²) in [6.07, 6.45) is 2.26. The fourth-order valence-electron chi connectivity index (χ4n) is 2.50. The van der Waals surface area contributed by atoms with Crippen molar-refractivity contribution in [1.29, 1.82) is 0 Å². The maximum absolute atomic E-state index is 12.0. The molecule has 0 aliphatic carbocycles. The van der Waals surface area contributed by atoms with Gasteiger partial charge in [-0.05, 0) is 31.0 Å². The lowest BCUT2D eigenvalue weighted by Gasteiger charge is -2.23. The summed E-state index contributed by atoms with van der Waals surface area (Å²) in [6.45, 7) is 3.14. The van der Waals surface area contributed by atoms with Gasteiger partial charge < -0.3 is 15.0 Å². The van der Waals surface area contributed by atoms with Gasteiger partial charge in [-0.15, -0.1) is 0 Å². The molecule has 1 aliphatic heterocycles. The monoisotopic (exact) mass is 358 g/mol. The molecule has 0 radical (unpaired) electrons. The van der Waals surface area contributed by atoms with Crippen LogP contribution >= 0.6 is 23.2 Å². The van der Waals surface area contributed by atoms with Crippen LogP contribution in [0.1, 0.15) is 26.2 Å². The summed E-state index contributed by atoms with van der Waals surface area (Å²) in [5, 5.41) is 3.64. The van der Waals surface area contributed by atoms with Crippen molar-refractivity contribution in [3.63, 3.8) is 0 Å². The summed E-state index contributed by atoms with van der Waals surface area (Å²) in [7, 11) is 0. The number of ether oxygens (including phenoxy) is 1. The van der Waals surface area contributed by atoms with Crippen LogP contribution in [0.3, 0.4) is 0 Å². The predicted molar refractivity (Wildman–Crippen MR) is 90.9 cm³/mol. The average molecular weight is 359 g/mol. The molecule has 23 heavy (non-hydrogen) atoms. The maximum Gasteiger partial charge on any atom is 0.226 e. The van der Waals surface area contributed by atoms with Crippen LogP contribution in [0, 0.1) is 0 Å². The summed E-state index contributed by atoms with van der Waals surface area (Å²) in [4.78, 5) is 25.4. The van der Waals surface area contributed by atoms with Crippen LogP contribution in [0.15, 0.2) is 18.2 Å². The quantitative estimate of drug-likeness (QED) is 0.848. The van der Waals surface area contributed by atoms with Crippen molar-refractivity contribution in [3.05, 3.63) is 28.2 Å². The Morgan fingerprint density at radius 1 is 1.30 bits per heavy atom. The van der Waals surface area contributed by atoms with E-state index in [1.165, 1.54) is 6.92 Å². The van der Waals surface area contributed by atoms with Crippen LogP contribution < -0.4 is 5.32 Å². The van der Waals surface area contributed by atoms with Crippen molar-refractivity contribution in [2.45, 2.75) is 32.3 Å². The lowest BCUT2D eigenvalue weighted by atomic mass is 10.2. The van der Waals surface area contributed by atoms with Gasteiger partial charge in [-0.2, -0.15) is 0 Å². The predicted octanol–water partition coefficient (Wildman–Crippen LogP) is 3.35. The van der Waals surface area contributed by atoms with Gasteiger partial charge in [0.2, 0.25) is 11.8 Å². The zero-order valence-electron chi connectivity index (χ0n) is 13.0. The third-order valence-corrected chi connectivity index (χ3v) is 4.08. The molecule has 0 saturated carbocycles. The van der Waals surface area contributed by atoms with Crippen LogP contribution in [0.2, 0.25) is 10.0 Å². The molecule has 0 spiro atoms. The third kappa shape index (κ3) is 6.01. The van der Waals surface area contributed by atoms with Crippen LogP contribution in [-0.4, -0.2) is 42.5 Å². The number of rotatable bonds is 6. The van der Waals surface area contributed by atoms with Crippen molar-refractivity contribution in [2.24, 2.45) is 0 Å². The molecule has 2 rings (SSSR count). The molecule has 1 aromatic rings. The van der Waals surface area contributed by atoms with Gasteiger partial charge in [0.25, 0.3) is 0 Å². The largest absolute Gasteiger partial charge is 0.376 e. The molecule has 7 heteroatoms. The Morgan fingerprint density at radius 3 is 2.57 bits per heavy atom. The number of carbonyl (C=O) groups is 2. The molecule has 1 atom stereocenters. The second-order valence-electron chi connectivity index (χ2n) is 5.56. The molecular weight excluding hydrogens is 339 g/mol. The van der Waals surface area contributed by atoms with Crippen LogP contribution in [0.5, 0.6) is 0 Å².